The van der Waals surface area contributed by atoms with Crippen LogP contribution in [0.1, 0.15) is 0 Å². The van der Waals surface area contributed by atoms with Crippen molar-refractivity contribution in [3.8, 4) is 5.75 Å². The average molecular weight is 448 g/mol. The Labute approximate surface area is 181 Å². The van der Waals surface area contributed by atoms with Crippen LogP contribution in [-0.4, -0.2) is 48.5 Å². The molecule has 1 saturated heterocycles. The summed E-state index contributed by atoms with van der Waals surface area (Å²) in [5.41, 5.74) is 0.839. The van der Waals surface area contributed by atoms with E-state index in [-0.39, 0.29) is 6.54 Å². The number of imide groups is 1. The summed E-state index contributed by atoms with van der Waals surface area (Å²) >= 11 is 11.9. The van der Waals surface area contributed by atoms with Crippen molar-refractivity contribution in [3.63, 3.8) is 0 Å². The Kier molecular flexibility index (Phi) is 5.31. The zero-order valence-corrected chi connectivity index (χ0v) is 17.1. The van der Waals surface area contributed by atoms with E-state index in [1.165, 1.54) is 12.1 Å². The molecule has 0 saturated carbocycles. The van der Waals surface area contributed by atoms with E-state index in [1.807, 2.05) is 0 Å². The van der Waals surface area contributed by atoms with Gasteiger partial charge in [-0.15, -0.1) is 0 Å². The molecule has 0 unspecified atom stereocenters. The first kappa shape index (κ1) is 20.1. The van der Waals surface area contributed by atoms with Gasteiger partial charge in [-0.3, -0.25) is 19.4 Å². The number of hydrogen-bond donors (Lipinski definition) is 1. The molecule has 0 bridgehead atoms. The van der Waals surface area contributed by atoms with Crippen LogP contribution in [0.5, 0.6) is 5.75 Å². The minimum Gasteiger partial charge on any atom is -0.495 e. The lowest BCUT2D eigenvalue weighted by atomic mass is 10.1. The van der Waals surface area contributed by atoms with Gasteiger partial charge < -0.3 is 10.1 Å². The van der Waals surface area contributed by atoms with Crippen molar-refractivity contribution in [2.45, 2.75) is 12.1 Å². The van der Waals surface area contributed by atoms with Crippen LogP contribution in [0, 0.1) is 0 Å². The Balaban J connectivity index is 1.46. The van der Waals surface area contributed by atoms with Gasteiger partial charge in [0.05, 0.1) is 17.8 Å². The summed E-state index contributed by atoms with van der Waals surface area (Å²) in [4.78, 5) is 39.0. The molecular formula is C19H15Cl2N5O4. The van der Waals surface area contributed by atoms with Gasteiger partial charge in [-0.25, -0.2) is 4.90 Å². The van der Waals surface area contributed by atoms with Gasteiger partial charge in [0, 0.05) is 10.7 Å². The molecule has 11 heteroatoms. The fraction of sp³-hybridized carbons (Fsp3) is 0.211. The number of methoxy groups -OCH3 is 1. The van der Waals surface area contributed by atoms with E-state index in [1.54, 1.807) is 42.5 Å². The number of ether oxygens (including phenoxy) is 1. The maximum absolute atomic E-state index is 12.9. The highest BCUT2D eigenvalue weighted by molar-refractivity contribution is 6.32. The Hall–Kier alpha value is -3.17. The van der Waals surface area contributed by atoms with Gasteiger partial charge in [0.2, 0.25) is 5.91 Å². The van der Waals surface area contributed by atoms with Gasteiger partial charge in [-0.1, -0.05) is 28.4 Å². The normalized spacial score (nSPS) is 20.0. The first-order valence-electron chi connectivity index (χ1n) is 8.83. The summed E-state index contributed by atoms with van der Waals surface area (Å²) in [6.45, 7) is -0.262. The first-order valence-corrected chi connectivity index (χ1v) is 9.59. The van der Waals surface area contributed by atoms with Gasteiger partial charge in [0.25, 0.3) is 11.8 Å². The molecule has 2 aliphatic rings. The number of hydrogen-bond acceptors (Lipinski definition) is 7. The maximum atomic E-state index is 12.9. The molecule has 2 atom stereocenters. The van der Waals surface area contributed by atoms with E-state index >= 15 is 0 Å². The zero-order chi connectivity index (χ0) is 21.4. The second kappa shape index (κ2) is 7.92. The molecule has 2 aromatic rings. The Bertz CT molecular complexity index is 1060. The number of fused-ring (bicyclic) bond motifs is 1. The van der Waals surface area contributed by atoms with Crippen molar-refractivity contribution in [2.24, 2.45) is 10.3 Å². The molecule has 1 N–H and O–H groups in total. The van der Waals surface area contributed by atoms with E-state index < -0.39 is 29.8 Å². The average Bonchev–Trinajstić information content (AvgIpc) is 3.23. The SMILES string of the molecule is COc1ccc(NC(=O)CN2N=N[C@H]3C(=O)N(c4ccc(Cl)cc4)C(=O)[C@H]32)cc1Cl. The van der Waals surface area contributed by atoms with Crippen LogP contribution in [0.4, 0.5) is 11.4 Å². The lowest BCUT2D eigenvalue weighted by Gasteiger charge is -2.20. The lowest BCUT2D eigenvalue weighted by molar-refractivity contribution is -0.123. The number of halogens is 2. The predicted octanol–water partition coefficient (Wildman–Crippen LogP) is 2.93. The van der Waals surface area contributed by atoms with Crippen molar-refractivity contribution < 1.29 is 19.1 Å². The fourth-order valence-electron chi connectivity index (χ4n) is 3.29. The van der Waals surface area contributed by atoms with Crippen molar-refractivity contribution >= 4 is 52.3 Å². The maximum Gasteiger partial charge on any atom is 0.263 e. The third-order valence-electron chi connectivity index (χ3n) is 4.68. The van der Waals surface area contributed by atoms with Crippen molar-refractivity contribution in [3.05, 3.63) is 52.5 Å². The number of carbonyl (C=O) groups excluding carboxylic acids is 3. The smallest absolute Gasteiger partial charge is 0.263 e. The number of anilines is 2. The summed E-state index contributed by atoms with van der Waals surface area (Å²) in [5.74, 6) is -0.970. The third-order valence-corrected chi connectivity index (χ3v) is 5.23. The summed E-state index contributed by atoms with van der Waals surface area (Å²) in [7, 11) is 1.49. The fourth-order valence-corrected chi connectivity index (χ4v) is 3.67. The highest BCUT2D eigenvalue weighted by Crippen LogP contribution is 2.32. The highest BCUT2D eigenvalue weighted by atomic mass is 35.5. The van der Waals surface area contributed by atoms with E-state index in [0.717, 1.165) is 4.90 Å². The topological polar surface area (TPSA) is 104 Å². The summed E-state index contributed by atoms with van der Waals surface area (Å²) < 4.78 is 5.07. The number of nitrogens with one attached hydrogen (secondary N) is 1. The Morgan fingerprint density at radius 1 is 1.13 bits per heavy atom. The molecule has 4 rings (SSSR count). The third kappa shape index (κ3) is 3.57. The standard InChI is InChI=1S/C19H15Cl2N5O4/c1-30-14-7-4-11(8-13(14)21)22-15(27)9-25-17-16(23-24-25)18(28)26(19(17)29)12-5-2-10(20)3-6-12/h2-8,16-17H,9H2,1H3,(H,22,27)/t16-,17+/m1/s1. The minimum absolute atomic E-state index is 0.262. The molecule has 30 heavy (non-hydrogen) atoms. The van der Waals surface area contributed by atoms with Crippen molar-refractivity contribution in [2.75, 3.05) is 23.9 Å². The summed E-state index contributed by atoms with van der Waals surface area (Å²) in [6.07, 6.45) is 0. The second-order valence-corrected chi connectivity index (χ2v) is 7.42. The van der Waals surface area contributed by atoms with Crippen LogP contribution < -0.4 is 15.0 Å². The van der Waals surface area contributed by atoms with Crippen LogP contribution in [-0.2, 0) is 14.4 Å². The van der Waals surface area contributed by atoms with Crippen molar-refractivity contribution in [1.29, 1.82) is 0 Å². The van der Waals surface area contributed by atoms with Crippen LogP contribution in [0.15, 0.2) is 52.8 Å². The van der Waals surface area contributed by atoms with Gasteiger partial charge in [-0.2, -0.15) is 5.11 Å². The van der Waals surface area contributed by atoms with Crippen LogP contribution in [0.25, 0.3) is 0 Å². The molecule has 154 valence electrons. The lowest BCUT2D eigenvalue weighted by Crippen LogP contribution is -2.43. The van der Waals surface area contributed by atoms with Gasteiger partial charge in [0.15, 0.2) is 12.1 Å². The number of nitrogens with zero attached hydrogens (tertiary/aromatic N) is 4. The molecule has 1 fully saturated rings. The van der Waals surface area contributed by atoms with Crippen molar-refractivity contribution in [1.82, 2.24) is 5.01 Å². The van der Waals surface area contributed by atoms with E-state index in [9.17, 15) is 14.4 Å². The first-order chi connectivity index (χ1) is 14.4. The monoisotopic (exact) mass is 447 g/mol. The number of benzene rings is 2. The largest absolute Gasteiger partial charge is 0.495 e. The van der Waals surface area contributed by atoms with E-state index in [2.05, 4.69) is 15.7 Å². The zero-order valence-electron chi connectivity index (χ0n) is 15.6. The summed E-state index contributed by atoms with van der Waals surface area (Å²) in [6, 6.07) is 9.13. The number of amides is 3. The van der Waals surface area contributed by atoms with E-state index in [0.29, 0.717) is 27.2 Å². The molecule has 0 spiro atoms. The molecule has 2 aromatic carbocycles. The Morgan fingerprint density at radius 2 is 1.87 bits per heavy atom. The molecular weight excluding hydrogens is 433 g/mol. The number of rotatable bonds is 5. The van der Waals surface area contributed by atoms with Crippen LogP contribution in [0.3, 0.4) is 0 Å². The van der Waals surface area contributed by atoms with Gasteiger partial charge >= 0.3 is 0 Å². The molecule has 0 aromatic heterocycles. The number of carbonyl (C=O) groups is 3. The quantitative estimate of drug-likeness (QED) is 0.709. The highest BCUT2D eigenvalue weighted by Gasteiger charge is 2.55. The molecule has 3 amide bonds. The van der Waals surface area contributed by atoms with Gasteiger partial charge in [-0.05, 0) is 42.5 Å². The second-order valence-electron chi connectivity index (χ2n) is 6.58. The van der Waals surface area contributed by atoms with Crippen LogP contribution >= 0.6 is 23.2 Å². The molecule has 0 aliphatic carbocycles. The molecule has 0 radical (unpaired) electrons. The van der Waals surface area contributed by atoms with Gasteiger partial charge in [0.1, 0.15) is 12.3 Å². The van der Waals surface area contributed by atoms with E-state index in [4.69, 9.17) is 27.9 Å². The molecule has 9 nitrogen and oxygen atoms in total. The molecule has 2 aliphatic heterocycles. The minimum atomic E-state index is -0.989. The summed E-state index contributed by atoms with van der Waals surface area (Å²) in [5, 5.41) is 12.4. The predicted molar refractivity (Wildman–Crippen MR) is 110 cm³/mol. The Morgan fingerprint density at radius 3 is 2.53 bits per heavy atom. The van der Waals surface area contributed by atoms with Crippen LogP contribution in [0.2, 0.25) is 10.0 Å². The molecule has 2 heterocycles.